The van der Waals surface area contributed by atoms with Gasteiger partial charge < -0.3 is 10.6 Å². The van der Waals surface area contributed by atoms with Crippen molar-refractivity contribution in [2.24, 2.45) is 0 Å². The van der Waals surface area contributed by atoms with Gasteiger partial charge in [-0.3, -0.25) is 14.4 Å². The molecule has 0 unspecified atom stereocenters. The molecule has 0 bridgehead atoms. The van der Waals surface area contributed by atoms with E-state index in [1.807, 2.05) is 31.2 Å². The van der Waals surface area contributed by atoms with Crippen molar-refractivity contribution in [3.05, 3.63) is 59.7 Å². The minimum Gasteiger partial charge on any atom is -0.326 e. The van der Waals surface area contributed by atoms with Crippen LogP contribution in [0.3, 0.4) is 0 Å². The van der Waals surface area contributed by atoms with Crippen LogP contribution in [0.2, 0.25) is 0 Å². The van der Waals surface area contributed by atoms with E-state index in [4.69, 9.17) is 0 Å². The highest BCUT2D eigenvalue weighted by Crippen LogP contribution is 2.14. The third-order valence-corrected chi connectivity index (χ3v) is 4.23. The molecular formula is C19H20N2O3S. The quantitative estimate of drug-likeness (QED) is 0.745. The van der Waals surface area contributed by atoms with Crippen LogP contribution in [-0.4, -0.2) is 29.1 Å². The van der Waals surface area contributed by atoms with Crippen molar-refractivity contribution < 1.29 is 14.4 Å². The number of rotatable bonds is 7. The molecule has 0 aromatic heterocycles. The Hall–Kier alpha value is -2.60. The molecule has 25 heavy (non-hydrogen) atoms. The largest absolute Gasteiger partial charge is 0.326 e. The molecule has 0 spiro atoms. The fourth-order valence-corrected chi connectivity index (χ4v) is 2.89. The summed E-state index contributed by atoms with van der Waals surface area (Å²) in [5.41, 5.74) is 3.03. The number of benzene rings is 2. The second-order valence-corrected chi connectivity index (χ2v) is 6.58. The Labute approximate surface area is 151 Å². The summed E-state index contributed by atoms with van der Waals surface area (Å²) in [6.07, 6.45) is 0. The molecule has 2 aromatic carbocycles. The van der Waals surface area contributed by atoms with Gasteiger partial charge in [-0.15, -0.1) is 11.8 Å². The zero-order valence-electron chi connectivity index (χ0n) is 14.2. The van der Waals surface area contributed by atoms with Crippen LogP contribution < -0.4 is 10.6 Å². The zero-order valence-corrected chi connectivity index (χ0v) is 15.0. The van der Waals surface area contributed by atoms with E-state index in [2.05, 4.69) is 10.6 Å². The van der Waals surface area contributed by atoms with Crippen LogP contribution in [0.15, 0.2) is 48.5 Å². The summed E-state index contributed by atoms with van der Waals surface area (Å²) in [6, 6.07) is 14.3. The van der Waals surface area contributed by atoms with Gasteiger partial charge in [-0.05, 0) is 48.9 Å². The first-order valence-corrected chi connectivity index (χ1v) is 8.94. The van der Waals surface area contributed by atoms with Crippen LogP contribution in [0.5, 0.6) is 0 Å². The maximum absolute atomic E-state index is 12.1. The average Bonchev–Trinajstić information content (AvgIpc) is 2.55. The van der Waals surface area contributed by atoms with Gasteiger partial charge >= 0.3 is 0 Å². The SMILES string of the molecule is CC(=O)Nc1ccc(C(=O)CSCC(=O)Nc2cccc(C)c2)cc1. The minimum absolute atomic E-state index is 0.0530. The van der Waals surface area contributed by atoms with E-state index in [1.54, 1.807) is 24.3 Å². The van der Waals surface area contributed by atoms with Gasteiger partial charge in [0.1, 0.15) is 0 Å². The molecule has 5 nitrogen and oxygen atoms in total. The van der Waals surface area contributed by atoms with Crippen molar-refractivity contribution in [1.82, 2.24) is 0 Å². The molecule has 0 radical (unpaired) electrons. The number of carbonyl (C=O) groups excluding carboxylic acids is 3. The molecule has 130 valence electrons. The lowest BCUT2D eigenvalue weighted by Gasteiger charge is -2.06. The van der Waals surface area contributed by atoms with Gasteiger partial charge in [0.05, 0.1) is 11.5 Å². The van der Waals surface area contributed by atoms with E-state index in [-0.39, 0.29) is 29.1 Å². The minimum atomic E-state index is -0.158. The Morgan fingerprint density at radius 1 is 0.920 bits per heavy atom. The predicted octanol–water partition coefficient (Wildman–Crippen LogP) is 3.51. The van der Waals surface area contributed by atoms with Gasteiger partial charge in [-0.2, -0.15) is 0 Å². The Kier molecular flexibility index (Phi) is 6.77. The standard InChI is InChI=1S/C19H20N2O3S/c1-13-4-3-5-17(10-13)21-19(24)12-25-11-18(23)15-6-8-16(9-7-15)20-14(2)22/h3-10H,11-12H2,1-2H3,(H,20,22)(H,21,24). The molecule has 0 heterocycles. The van der Waals surface area contributed by atoms with Gasteiger partial charge in [0.25, 0.3) is 0 Å². The number of hydrogen-bond acceptors (Lipinski definition) is 4. The number of carbonyl (C=O) groups is 3. The second kappa shape index (κ2) is 9.03. The van der Waals surface area contributed by atoms with E-state index in [9.17, 15) is 14.4 Å². The van der Waals surface area contributed by atoms with E-state index < -0.39 is 0 Å². The first-order valence-electron chi connectivity index (χ1n) is 7.79. The lowest BCUT2D eigenvalue weighted by Crippen LogP contribution is -2.15. The highest BCUT2D eigenvalue weighted by Gasteiger charge is 2.09. The average molecular weight is 356 g/mol. The number of thioether (sulfide) groups is 1. The zero-order chi connectivity index (χ0) is 18.2. The molecule has 2 N–H and O–H groups in total. The Morgan fingerprint density at radius 2 is 1.64 bits per heavy atom. The number of Topliss-reactive ketones (excluding diaryl/α,β-unsaturated/α-hetero) is 1. The summed E-state index contributed by atoms with van der Waals surface area (Å²) in [6.45, 7) is 3.39. The fourth-order valence-electron chi connectivity index (χ4n) is 2.18. The predicted molar refractivity (Wildman–Crippen MR) is 102 cm³/mol. The molecule has 2 amide bonds. The van der Waals surface area contributed by atoms with Crippen LogP contribution in [0.4, 0.5) is 11.4 Å². The van der Waals surface area contributed by atoms with Gasteiger partial charge in [0, 0.05) is 23.9 Å². The number of aryl methyl sites for hydroxylation is 1. The smallest absolute Gasteiger partial charge is 0.234 e. The topological polar surface area (TPSA) is 75.3 Å². The summed E-state index contributed by atoms with van der Waals surface area (Å²) in [5, 5.41) is 5.46. The van der Waals surface area contributed by atoms with Crippen LogP contribution in [-0.2, 0) is 9.59 Å². The maximum atomic E-state index is 12.1. The molecular weight excluding hydrogens is 336 g/mol. The molecule has 0 fully saturated rings. The molecule has 6 heteroatoms. The maximum Gasteiger partial charge on any atom is 0.234 e. The van der Waals surface area contributed by atoms with Gasteiger partial charge in [-0.25, -0.2) is 0 Å². The molecule has 0 saturated carbocycles. The second-order valence-electron chi connectivity index (χ2n) is 5.59. The first-order chi connectivity index (χ1) is 11.9. The molecule has 0 aliphatic carbocycles. The van der Waals surface area contributed by atoms with Crippen molar-refractivity contribution in [2.45, 2.75) is 13.8 Å². The van der Waals surface area contributed by atoms with Crippen molar-refractivity contribution >= 4 is 40.7 Å². The number of ketones is 1. The van der Waals surface area contributed by atoms with Gasteiger partial charge in [0.15, 0.2) is 5.78 Å². The van der Waals surface area contributed by atoms with Crippen LogP contribution >= 0.6 is 11.8 Å². The summed E-state index contributed by atoms with van der Waals surface area (Å²) in [4.78, 5) is 35.0. The molecule has 0 atom stereocenters. The van der Waals surface area contributed by atoms with Crippen molar-refractivity contribution in [1.29, 1.82) is 0 Å². The highest BCUT2D eigenvalue weighted by atomic mass is 32.2. The number of amides is 2. The van der Waals surface area contributed by atoms with Gasteiger partial charge in [0.2, 0.25) is 11.8 Å². The van der Waals surface area contributed by atoms with Crippen LogP contribution in [0, 0.1) is 6.92 Å². The lowest BCUT2D eigenvalue weighted by molar-refractivity contribution is -0.114. The van der Waals surface area contributed by atoms with Crippen LogP contribution in [0.25, 0.3) is 0 Å². The molecule has 0 aliphatic rings. The van der Waals surface area contributed by atoms with E-state index in [1.165, 1.54) is 18.7 Å². The Bertz CT molecular complexity index is 772. The number of anilines is 2. The third-order valence-electron chi connectivity index (χ3n) is 3.30. The summed E-state index contributed by atoms with van der Waals surface area (Å²) in [5.74, 6) is 0.0890. The summed E-state index contributed by atoms with van der Waals surface area (Å²) in [7, 11) is 0. The Balaban J connectivity index is 1.77. The van der Waals surface area contributed by atoms with Gasteiger partial charge in [-0.1, -0.05) is 12.1 Å². The normalized spacial score (nSPS) is 10.2. The first kappa shape index (κ1) is 18.7. The molecule has 0 aliphatic heterocycles. The van der Waals surface area contributed by atoms with Crippen LogP contribution in [0.1, 0.15) is 22.8 Å². The fraction of sp³-hybridized carbons (Fsp3) is 0.211. The third kappa shape index (κ3) is 6.43. The summed E-state index contributed by atoms with van der Waals surface area (Å²) < 4.78 is 0. The van der Waals surface area contributed by atoms with E-state index in [0.29, 0.717) is 11.3 Å². The number of nitrogens with one attached hydrogen (secondary N) is 2. The number of hydrogen-bond donors (Lipinski definition) is 2. The lowest BCUT2D eigenvalue weighted by atomic mass is 10.1. The van der Waals surface area contributed by atoms with Crippen molar-refractivity contribution in [3.63, 3.8) is 0 Å². The molecule has 0 saturated heterocycles. The van der Waals surface area contributed by atoms with E-state index in [0.717, 1.165) is 11.3 Å². The van der Waals surface area contributed by atoms with Crippen molar-refractivity contribution in [3.8, 4) is 0 Å². The van der Waals surface area contributed by atoms with Crippen molar-refractivity contribution in [2.75, 3.05) is 22.1 Å². The van der Waals surface area contributed by atoms with E-state index >= 15 is 0 Å². The monoisotopic (exact) mass is 356 g/mol. The highest BCUT2D eigenvalue weighted by molar-refractivity contribution is 8.00. The summed E-state index contributed by atoms with van der Waals surface area (Å²) >= 11 is 1.27. The molecule has 2 rings (SSSR count). The Morgan fingerprint density at radius 3 is 2.28 bits per heavy atom. The molecule has 2 aromatic rings.